The zero-order valence-electron chi connectivity index (χ0n) is 10.8. The molecule has 0 unspecified atom stereocenters. The second kappa shape index (κ2) is 6.25. The third-order valence-corrected chi connectivity index (χ3v) is 3.20. The van der Waals surface area contributed by atoms with E-state index in [-0.39, 0.29) is 11.3 Å². The third-order valence-electron chi connectivity index (χ3n) is 3.20. The Morgan fingerprint density at radius 3 is 2.58 bits per heavy atom. The number of piperazine rings is 1. The minimum Gasteiger partial charge on any atom is -0.496 e. The van der Waals surface area contributed by atoms with Gasteiger partial charge in [0, 0.05) is 38.3 Å². The van der Waals surface area contributed by atoms with Crippen LogP contribution < -0.4 is 10.1 Å². The lowest BCUT2D eigenvalue weighted by Crippen LogP contribution is -2.42. The molecule has 19 heavy (non-hydrogen) atoms. The quantitative estimate of drug-likeness (QED) is 0.910. The Hall–Kier alpha value is -1.27. The molecule has 106 valence electrons. The SMILES string of the molecule is COc1c(CN2CCNCC2)cc(F)cc1C(F)F. The van der Waals surface area contributed by atoms with Gasteiger partial charge in [-0.15, -0.1) is 0 Å². The van der Waals surface area contributed by atoms with E-state index in [1.165, 1.54) is 13.2 Å². The minimum atomic E-state index is -2.74. The first-order valence-corrected chi connectivity index (χ1v) is 6.19. The van der Waals surface area contributed by atoms with Crippen LogP contribution in [0.2, 0.25) is 0 Å². The molecule has 1 fully saturated rings. The number of methoxy groups -OCH3 is 1. The smallest absolute Gasteiger partial charge is 0.267 e. The predicted molar refractivity (Wildman–Crippen MR) is 66.1 cm³/mol. The molecule has 0 aromatic heterocycles. The number of hydrogen-bond donors (Lipinski definition) is 1. The molecule has 6 heteroatoms. The van der Waals surface area contributed by atoms with Crippen molar-refractivity contribution < 1.29 is 17.9 Å². The van der Waals surface area contributed by atoms with E-state index >= 15 is 0 Å². The summed E-state index contributed by atoms with van der Waals surface area (Å²) in [5.41, 5.74) is 0.0901. The van der Waals surface area contributed by atoms with Crippen LogP contribution in [0, 0.1) is 5.82 Å². The van der Waals surface area contributed by atoms with Crippen molar-refractivity contribution in [3.63, 3.8) is 0 Å². The summed E-state index contributed by atoms with van der Waals surface area (Å²) in [6, 6.07) is 2.11. The van der Waals surface area contributed by atoms with E-state index in [1.807, 2.05) is 0 Å². The highest BCUT2D eigenvalue weighted by molar-refractivity contribution is 5.43. The molecule has 1 heterocycles. The van der Waals surface area contributed by atoms with Gasteiger partial charge in [-0.05, 0) is 12.1 Å². The molecular formula is C13H17F3N2O. The van der Waals surface area contributed by atoms with Crippen molar-refractivity contribution in [2.45, 2.75) is 13.0 Å². The maximum Gasteiger partial charge on any atom is 0.267 e. The molecule has 0 atom stereocenters. The fourth-order valence-electron chi connectivity index (χ4n) is 2.31. The molecule has 0 saturated carbocycles. The highest BCUT2D eigenvalue weighted by atomic mass is 19.3. The maximum atomic E-state index is 13.4. The van der Waals surface area contributed by atoms with Crippen LogP contribution >= 0.6 is 0 Å². The fraction of sp³-hybridized carbons (Fsp3) is 0.538. The van der Waals surface area contributed by atoms with Gasteiger partial charge >= 0.3 is 0 Å². The first-order chi connectivity index (χ1) is 9.11. The van der Waals surface area contributed by atoms with Crippen LogP contribution in [-0.2, 0) is 6.54 Å². The van der Waals surface area contributed by atoms with E-state index in [4.69, 9.17) is 4.74 Å². The lowest BCUT2D eigenvalue weighted by atomic mass is 10.1. The maximum absolute atomic E-state index is 13.4. The number of alkyl halides is 2. The topological polar surface area (TPSA) is 24.5 Å². The van der Waals surface area contributed by atoms with Crippen molar-refractivity contribution in [2.24, 2.45) is 0 Å². The van der Waals surface area contributed by atoms with Crippen molar-refractivity contribution in [2.75, 3.05) is 33.3 Å². The standard InChI is InChI=1S/C13H17F3N2O/c1-19-12-9(8-18-4-2-17-3-5-18)6-10(14)7-11(12)13(15)16/h6-7,13,17H,2-5,8H2,1H3. The number of halogens is 3. The number of benzene rings is 1. The Balaban J connectivity index is 2.27. The number of ether oxygens (including phenoxy) is 1. The molecule has 0 aliphatic carbocycles. The van der Waals surface area contributed by atoms with Crippen LogP contribution in [0.3, 0.4) is 0 Å². The molecule has 1 aromatic rings. The lowest BCUT2D eigenvalue weighted by molar-refractivity contribution is 0.145. The summed E-state index contributed by atoms with van der Waals surface area (Å²) in [4.78, 5) is 2.09. The summed E-state index contributed by atoms with van der Waals surface area (Å²) in [6.45, 7) is 3.73. The number of hydrogen-bond acceptors (Lipinski definition) is 3. The summed E-state index contributed by atoms with van der Waals surface area (Å²) in [6.07, 6.45) is -2.74. The molecule has 0 bridgehead atoms. The molecule has 3 nitrogen and oxygen atoms in total. The van der Waals surface area contributed by atoms with E-state index in [9.17, 15) is 13.2 Å². The summed E-state index contributed by atoms with van der Waals surface area (Å²) >= 11 is 0. The fourth-order valence-corrected chi connectivity index (χ4v) is 2.31. The first kappa shape index (κ1) is 14.1. The van der Waals surface area contributed by atoms with Crippen molar-refractivity contribution >= 4 is 0 Å². The average Bonchev–Trinajstić information content (AvgIpc) is 2.39. The molecule has 1 N–H and O–H groups in total. The van der Waals surface area contributed by atoms with Gasteiger partial charge < -0.3 is 10.1 Å². The molecule has 1 aliphatic heterocycles. The van der Waals surface area contributed by atoms with E-state index in [0.717, 1.165) is 32.2 Å². The van der Waals surface area contributed by atoms with Gasteiger partial charge in [-0.1, -0.05) is 0 Å². The molecule has 2 rings (SSSR count). The Kier molecular flexibility index (Phi) is 4.66. The Morgan fingerprint density at radius 2 is 2.00 bits per heavy atom. The Bertz CT molecular complexity index is 434. The number of nitrogens with one attached hydrogen (secondary N) is 1. The van der Waals surface area contributed by atoms with Gasteiger partial charge in [-0.3, -0.25) is 4.90 Å². The van der Waals surface area contributed by atoms with Gasteiger partial charge in [0.05, 0.1) is 12.7 Å². The molecule has 0 spiro atoms. The Morgan fingerprint density at radius 1 is 1.32 bits per heavy atom. The van der Waals surface area contributed by atoms with E-state index in [2.05, 4.69) is 10.2 Å². The van der Waals surface area contributed by atoms with Crippen LogP contribution in [0.4, 0.5) is 13.2 Å². The summed E-state index contributed by atoms with van der Waals surface area (Å²) in [5, 5.41) is 3.20. The van der Waals surface area contributed by atoms with Gasteiger partial charge in [0.1, 0.15) is 11.6 Å². The third kappa shape index (κ3) is 3.39. The van der Waals surface area contributed by atoms with E-state index in [1.54, 1.807) is 0 Å². The van der Waals surface area contributed by atoms with Gasteiger partial charge in [-0.25, -0.2) is 13.2 Å². The van der Waals surface area contributed by atoms with Crippen LogP contribution in [0.15, 0.2) is 12.1 Å². The van der Waals surface area contributed by atoms with Crippen LogP contribution in [-0.4, -0.2) is 38.2 Å². The molecular weight excluding hydrogens is 257 g/mol. The van der Waals surface area contributed by atoms with Crippen molar-refractivity contribution in [3.8, 4) is 5.75 Å². The van der Waals surface area contributed by atoms with Crippen molar-refractivity contribution in [1.82, 2.24) is 10.2 Å². The van der Waals surface area contributed by atoms with Gasteiger partial charge in [0.25, 0.3) is 6.43 Å². The zero-order chi connectivity index (χ0) is 13.8. The summed E-state index contributed by atoms with van der Waals surface area (Å²) in [5.74, 6) is -0.559. The molecule has 1 aliphatic rings. The predicted octanol–water partition coefficient (Wildman–Crippen LogP) is 2.18. The lowest BCUT2D eigenvalue weighted by Gasteiger charge is -2.28. The number of rotatable bonds is 4. The summed E-state index contributed by atoms with van der Waals surface area (Å²) in [7, 11) is 1.33. The van der Waals surface area contributed by atoms with Crippen LogP contribution in [0.5, 0.6) is 5.75 Å². The van der Waals surface area contributed by atoms with Gasteiger partial charge in [0.2, 0.25) is 0 Å². The normalized spacial score (nSPS) is 16.9. The highest BCUT2D eigenvalue weighted by Crippen LogP contribution is 2.33. The summed E-state index contributed by atoms with van der Waals surface area (Å²) < 4.78 is 44.2. The van der Waals surface area contributed by atoms with E-state index in [0.29, 0.717) is 12.1 Å². The van der Waals surface area contributed by atoms with Crippen molar-refractivity contribution in [1.29, 1.82) is 0 Å². The first-order valence-electron chi connectivity index (χ1n) is 6.19. The largest absolute Gasteiger partial charge is 0.496 e. The van der Waals surface area contributed by atoms with Gasteiger partial charge in [0.15, 0.2) is 0 Å². The Labute approximate surface area is 110 Å². The van der Waals surface area contributed by atoms with Gasteiger partial charge in [-0.2, -0.15) is 0 Å². The second-order valence-electron chi connectivity index (χ2n) is 4.51. The highest BCUT2D eigenvalue weighted by Gasteiger charge is 2.21. The van der Waals surface area contributed by atoms with Crippen LogP contribution in [0.25, 0.3) is 0 Å². The zero-order valence-corrected chi connectivity index (χ0v) is 10.8. The van der Waals surface area contributed by atoms with Crippen molar-refractivity contribution in [3.05, 3.63) is 29.1 Å². The minimum absolute atomic E-state index is 0.0925. The second-order valence-corrected chi connectivity index (χ2v) is 4.51. The molecule has 1 aromatic carbocycles. The molecule has 0 radical (unpaired) electrons. The van der Waals surface area contributed by atoms with Crippen LogP contribution in [0.1, 0.15) is 17.6 Å². The average molecular weight is 274 g/mol. The monoisotopic (exact) mass is 274 g/mol. The molecule has 0 amide bonds. The molecule has 1 saturated heterocycles. The van der Waals surface area contributed by atoms with E-state index < -0.39 is 12.2 Å². The number of nitrogens with zero attached hydrogens (tertiary/aromatic N) is 1.